The molecule has 4 N–H and O–H groups in total. The standard InChI is InChI=1S/C12H20N4O3/c1-3-5-9(11(13)16-18)12(17)15-7-10-14-6-8(4-2)19-10/h6,9,18H,3-5,7H2,1-2H3,(H2,13,16)(H,15,17). The van der Waals surface area contributed by atoms with E-state index in [0.717, 1.165) is 18.6 Å². The van der Waals surface area contributed by atoms with E-state index in [1.165, 1.54) is 0 Å². The van der Waals surface area contributed by atoms with Gasteiger partial charge in [0.1, 0.15) is 5.76 Å². The summed E-state index contributed by atoms with van der Waals surface area (Å²) in [5, 5.41) is 14.2. The number of carbonyl (C=O) groups is 1. The van der Waals surface area contributed by atoms with Crippen LogP contribution in [0.1, 0.15) is 38.3 Å². The average Bonchev–Trinajstić information content (AvgIpc) is 2.89. The topological polar surface area (TPSA) is 114 Å². The highest BCUT2D eigenvalue weighted by atomic mass is 16.4. The molecule has 1 rings (SSSR count). The van der Waals surface area contributed by atoms with Crippen LogP contribution in [-0.2, 0) is 17.8 Å². The third kappa shape index (κ3) is 4.27. The van der Waals surface area contributed by atoms with Crippen molar-refractivity contribution in [1.82, 2.24) is 10.3 Å². The first-order valence-electron chi connectivity index (χ1n) is 6.31. The SMILES string of the molecule is CCCC(C(=O)NCc1ncc(CC)o1)/C(N)=N/O. The number of hydrogen-bond acceptors (Lipinski definition) is 5. The van der Waals surface area contributed by atoms with E-state index in [0.29, 0.717) is 12.3 Å². The number of hydrogen-bond donors (Lipinski definition) is 3. The van der Waals surface area contributed by atoms with Gasteiger partial charge in [0, 0.05) is 6.42 Å². The Balaban J connectivity index is 2.57. The zero-order valence-electron chi connectivity index (χ0n) is 11.2. The van der Waals surface area contributed by atoms with E-state index in [2.05, 4.69) is 15.5 Å². The van der Waals surface area contributed by atoms with Crippen LogP contribution in [0.5, 0.6) is 0 Å². The first kappa shape index (κ1) is 15.0. The number of carbonyl (C=O) groups excluding carboxylic acids is 1. The maximum Gasteiger partial charge on any atom is 0.231 e. The predicted octanol–water partition coefficient (Wildman–Crippen LogP) is 1.02. The lowest BCUT2D eigenvalue weighted by molar-refractivity contribution is -0.123. The molecular weight excluding hydrogens is 248 g/mol. The van der Waals surface area contributed by atoms with Crippen molar-refractivity contribution in [3.8, 4) is 0 Å². The fourth-order valence-corrected chi connectivity index (χ4v) is 1.65. The van der Waals surface area contributed by atoms with E-state index in [-0.39, 0.29) is 18.3 Å². The van der Waals surface area contributed by atoms with Crippen molar-refractivity contribution < 1.29 is 14.4 Å². The second-order valence-corrected chi connectivity index (χ2v) is 4.16. The molecule has 0 aliphatic rings. The first-order chi connectivity index (χ1) is 9.12. The fraction of sp³-hybridized carbons (Fsp3) is 0.583. The van der Waals surface area contributed by atoms with Gasteiger partial charge in [-0.3, -0.25) is 4.79 Å². The Morgan fingerprint density at radius 3 is 2.89 bits per heavy atom. The van der Waals surface area contributed by atoms with Gasteiger partial charge >= 0.3 is 0 Å². The number of amidine groups is 1. The van der Waals surface area contributed by atoms with E-state index in [1.807, 2.05) is 13.8 Å². The summed E-state index contributed by atoms with van der Waals surface area (Å²) in [6, 6.07) is 0. The van der Waals surface area contributed by atoms with Crippen LogP contribution < -0.4 is 11.1 Å². The van der Waals surface area contributed by atoms with Crippen molar-refractivity contribution >= 4 is 11.7 Å². The average molecular weight is 268 g/mol. The zero-order valence-corrected chi connectivity index (χ0v) is 11.2. The van der Waals surface area contributed by atoms with Crippen LogP contribution in [-0.4, -0.2) is 21.9 Å². The molecule has 0 aromatic carbocycles. The lowest BCUT2D eigenvalue weighted by atomic mass is 10.0. The van der Waals surface area contributed by atoms with Crippen LogP contribution in [0.2, 0.25) is 0 Å². The summed E-state index contributed by atoms with van der Waals surface area (Å²) in [5.41, 5.74) is 5.50. The van der Waals surface area contributed by atoms with Crippen molar-refractivity contribution in [2.24, 2.45) is 16.8 Å². The Labute approximate surface area is 111 Å². The molecule has 7 heteroatoms. The summed E-state index contributed by atoms with van der Waals surface area (Å²) >= 11 is 0. The normalized spacial score (nSPS) is 13.3. The van der Waals surface area contributed by atoms with Gasteiger partial charge in [-0.2, -0.15) is 0 Å². The molecule has 0 aliphatic carbocycles. The largest absolute Gasteiger partial charge is 0.444 e. The predicted molar refractivity (Wildman–Crippen MR) is 69.5 cm³/mol. The Morgan fingerprint density at radius 2 is 2.37 bits per heavy atom. The molecule has 0 fully saturated rings. The van der Waals surface area contributed by atoms with Crippen molar-refractivity contribution in [2.75, 3.05) is 0 Å². The number of nitrogens with two attached hydrogens (primary N) is 1. The lowest BCUT2D eigenvalue weighted by Crippen LogP contribution is -2.38. The minimum absolute atomic E-state index is 0.0824. The molecule has 7 nitrogen and oxygen atoms in total. The van der Waals surface area contributed by atoms with Crippen LogP contribution in [0.25, 0.3) is 0 Å². The molecule has 0 bridgehead atoms. The van der Waals surface area contributed by atoms with E-state index in [1.54, 1.807) is 6.20 Å². The molecule has 0 radical (unpaired) electrons. The monoisotopic (exact) mass is 268 g/mol. The number of rotatable bonds is 7. The molecule has 0 saturated carbocycles. The van der Waals surface area contributed by atoms with Gasteiger partial charge in [-0.25, -0.2) is 4.98 Å². The van der Waals surface area contributed by atoms with Crippen molar-refractivity contribution in [3.05, 3.63) is 17.8 Å². The molecule has 0 spiro atoms. The molecule has 1 heterocycles. The summed E-state index contributed by atoms with van der Waals surface area (Å²) in [5.74, 6) is 0.204. The zero-order chi connectivity index (χ0) is 14.3. The minimum Gasteiger partial charge on any atom is -0.444 e. The Bertz CT molecular complexity index is 442. The molecule has 1 aromatic heterocycles. The number of amides is 1. The molecular formula is C12H20N4O3. The summed E-state index contributed by atoms with van der Waals surface area (Å²) < 4.78 is 5.37. The lowest BCUT2D eigenvalue weighted by Gasteiger charge is -2.13. The Hall–Kier alpha value is -2.05. The minimum atomic E-state index is -0.629. The number of nitrogens with one attached hydrogen (secondary N) is 1. The molecule has 1 aromatic rings. The molecule has 0 aliphatic heterocycles. The third-order valence-electron chi connectivity index (χ3n) is 2.73. The van der Waals surface area contributed by atoms with Gasteiger partial charge in [-0.15, -0.1) is 0 Å². The molecule has 19 heavy (non-hydrogen) atoms. The van der Waals surface area contributed by atoms with Gasteiger partial charge in [-0.1, -0.05) is 25.4 Å². The van der Waals surface area contributed by atoms with Crippen LogP contribution in [0.15, 0.2) is 15.8 Å². The summed E-state index contributed by atoms with van der Waals surface area (Å²) in [6.45, 7) is 4.07. The van der Waals surface area contributed by atoms with E-state index in [4.69, 9.17) is 15.4 Å². The maximum atomic E-state index is 11.9. The van der Waals surface area contributed by atoms with Gasteiger partial charge in [-0.05, 0) is 6.42 Å². The van der Waals surface area contributed by atoms with Crippen molar-refractivity contribution in [3.63, 3.8) is 0 Å². The number of oxazole rings is 1. The van der Waals surface area contributed by atoms with Crippen LogP contribution in [0.4, 0.5) is 0 Å². The van der Waals surface area contributed by atoms with E-state index >= 15 is 0 Å². The number of oxime groups is 1. The highest BCUT2D eigenvalue weighted by molar-refractivity contribution is 6.01. The quantitative estimate of drug-likeness (QED) is 0.295. The summed E-state index contributed by atoms with van der Waals surface area (Å²) in [6.07, 6.45) is 3.67. The maximum absolute atomic E-state index is 11.9. The molecule has 1 atom stereocenters. The van der Waals surface area contributed by atoms with Crippen LogP contribution in [0.3, 0.4) is 0 Å². The number of aryl methyl sites for hydroxylation is 1. The number of aromatic nitrogens is 1. The summed E-state index contributed by atoms with van der Waals surface area (Å²) in [7, 11) is 0. The Kier molecular flexibility index (Phi) is 5.84. The third-order valence-corrected chi connectivity index (χ3v) is 2.73. The van der Waals surface area contributed by atoms with Crippen molar-refractivity contribution in [1.29, 1.82) is 0 Å². The molecule has 106 valence electrons. The van der Waals surface area contributed by atoms with Gasteiger partial charge in [0.25, 0.3) is 0 Å². The van der Waals surface area contributed by atoms with E-state index < -0.39 is 5.92 Å². The second kappa shape index (κ2) is 7.40. The van der Waals surface area contributed by atoms with Crippen LogP contribution in [0, 0.1) is 5.92 Å². The number of nitrogens with zero attached hydrogens (tertiary/aromatic N) is 2. The smallest absolute Gasteiger partial charge is 0.231 e. The Morgan fingerprint density at radius 1 is 1.63 bits per heavy atom. The van der Waals surface area contributed by atoms with E-state index in [9.17, 15) is 4.79 Å². The van der Waals surface area contributed by atoms with Crippen molar-refractivity contribution in [2.45, 2.75) is 39.7 Å². The van der Waals surface area contributed by atoms with Crippen LogP contribution >= 0.6 is 0 Å². The second-order valence-electron chi connectivity index (χ2n) is 4.16. The van der Waals surface area contributed by atoms with Gasteiger partial charge < -0.3 is 20.7 Å². The first-order valence-corrected chi connectivity index (χ1v) is 6.31. The van der Waals surface area contributed by atoms with Gasteiger partial charge in [0.05, 0.1) is 18.7 Å². The summed E-state index contributed by atoms with van der Waals surface area (Å²) in [4.78, 5) is 16.0. The molecule has 0 saturated heterocycles. The molecule has 1 amide bonds. The molecule has 1 unspecified atom stereocenters. The highest BCUT2D eigenvalue weighted by Gasteiger charge is 2.22. The fourth-order valence-electron chi connectivity index (χ4n) is 1.65. The van der Waals surface area contributed by atoms with Gasteiger partial charge in [0.15, 0.2) is 5.84 Å². The van der Waals surface area contributed by atoms with Gasteiger partial charge in [0.2, 0.25) is 11.8 Å². The highest BCUT2D eigenvalue weighted by Crippen LogP contribution is 2.08.